The van der Waals surface area contributed by atoms with E-state index in [1.807, 2.05) is 32.0 Å². The summed E-state index contributed by atoms with van der Waals surface area (Å²) in [4.78, 5) is 14.8. The molecule has 0 aliphatic rings. The largest absolute Gasteiger partial charge is 0.393 e. The lowest BCUT2D eigenvalue weighted by molar-refractivity contribution is 0.0710. The summed E-state index contributed by atoms with van der Waals surface area (Å²) in [5.41, 5.74) is 6.22. The second-order valence-electron chi connectivity index (χ2n) is 4.43. The summed E-state index contributed by atoms with van der Waals surface area (Å²) in [5, 5.41) is 0. The maximum absolute atomic E-state index is 12.6. The van der Waals surface area contributed by atoms with Crippen LogP contribution in [0.1, 0.15) is 30.6 Å². The lowest BCUT2D eigenvalue weighted by Gasteiger charge is -2.27. The fourth-order valence-corrected chi connectivity index (χ4v) is 2.66. The summed E-state index contributed by atoms with van der Waals surface area (Å²) in [6.07, 6.45) is 0.545. The first-order valence-electron chi connectivity index (χ1n) is 5.87. The molecular weight excluding hydrogens is 439 g/mol. The van der Waals surface area contributed by atoms with Crippen LogP contribution in [0.2, 0.25) is 0 Å². The highest BCUT2D eigenvalue weighted by molar-refractivity contribution is 14.1. The smallest absolute Gasteiger partial charge is 0.255 e. The molecule has 0 saturated heterocycles. The minimum atomic E-state index is 0.0111. The van der Waals surface area contributed by atoms with Crippen molar-refractivity contribution in [3.8, 4) is 0 Å². The van der Waals surface area contributed by atoms with Gasteiger partial charge in [-0.2, -0.15) is 0 Å². The zero-order valence-electron chi connectivity index (χ0n) is 10.8. The molecule has 1 amide bonds. The molecule has 104 valence electrons. The van der Waals surface area contributed by atoms with Crippen molar-refractivity contribution >= 4 is 61.6 Å². The van der Waals surface area contributed by atoms with Gasteiger partial charge >= 0.3 is 0 Å². The SMILES string of the molecule is CC(C)N(CCC(N)=S)C(=O)c1cc(Br)ccc1I. The Morgan fingerprint density at radius 3 is 2.68 bits per heavy atom. The van der Waals surface area contributed by atoms with Gasteiger partial charge in [-0.3, -0.25) is 4.79 Å². The Morgan fingerprint density at radius 1 is 1.53 bits per heavy atom. The van der Waals surface area contributed by atoms with Gasteiger partial charge in [0.15, 0.2) is 0 Å². The molecule has 0 atom stereocenters. The van der Waals surface area contributed by atoms with Gasteiger partial charge in [-0.25, -0.2) is 0 Å². The molecule has 0 saturated carbocycles. The lowest BCUT2D eigenvalue weighted by Crippen LogP contribution is -2.39. The molecule has 0 aromatic heterocycles. The molecule has 1 aromatic rings. The number of benzene rings is 1. The predicted molar refractivity (Wildman–Crippen MR) is 94.4 cm³/mol. The third-order valence-corrected chi connectivity index (χ3v) is 4.28. The van der Waals surface area contributed by atoms with Crippen LogP contribution < -0.4 is 5.73 Å². The van der Waals surface area contributed by atoms with Gasteiger partial charge in [0, 0.05) is 27.1 Å². The second-order valence-corrected chi connectivity index (χ2v) is 7.04. The van der Waals surface area contributed by atoms with Crippen LogP contribution in [0.25, 0.3) is 0 Å². The molecule has 2 N–H and O–H groups in total. The van der Waals surface area contributed by atoms with E-state index < -0.39 is 0 Å². The van der Waals surface area contributed by atoms with Crippen molar-refractivity contribution in [3.05, 3.63) is 31.8 Å². The quantitative estimate of drug-likeness (QED) is 0.546. The van der Waals surface area contributed by atoms with Crippen molar-refractivity contribution in [2.75, 3.05) is 6.54 Å². The van der Waals surface area contributed by atoms with E-state index in [1.54, 1.807) is 4.90 Å². The van der Waals surface area contributed by atoms with E-state index in [2.05, 4.69) is 38.5 Å². The maximum atomic E-state index is 12.6. The van der Waals surface area contributed by atoms with Crippen LogP contribution in [0.5, 0.6) is 0 Å². The Hall–Kier alpha value is -0.210. The Morgan fingerprint density at radius 2 is 2.16 bits per heavy atom. The summed E-state index contributed by atoms with van der Waals surface area (Å²) in [5.74, 6) is 0.0111. The Kier molecular flexibility index (Phi) is 6.68. The summed E-state index contributed by atoms with van der Waals surface area (Å²) in [6.45, 7) is 4.53. The van der Waals surface area contributed by atoms with Crippen LogP contribution in [0.3, 0.4) is 0 Å². The van der Waals surface area contributed by atoms with E-state index in [-0.39, 0.29) is 11.9 Å². The number of nitrogens with zero attached hydrogens (tertiary/aromatic N) is 1. The van der Waals surface area contributed by atoms with Crippen LogP contribution in [0.15, 0.2) is 22.7 Å². The molecular formula is C13H16BrIN2OS. The number of thiocarbonyl (C=S) groups is 1. The average molecular weight is 455 g/mol. The van der Waals surface area contributed by atoms with Crippen molar-refractivity contribution in [2.45, 2.75) is 26.3 Å². The third-order valence-electron chi connectivity index (χ3n) is 2.64. The standard InChI is InChI=1S/C13H16BrIN2OS/c1-8(2)17(6-5-12(16)19)13(18)10-7-9(14)3-4-11(10)15/h3-4,7-8H,5-6H2,1-2H3,(H2,16,19). The number of carbonyl (C=O) groups excluding carboxylic acids is 1. The highest BCUT2D eigenvalue weighted by Gasteiger charge is 2.20. The van der Waals surface area contributed by atoms with Gasteiger partial charge in [-0.1, -0.05) is 28.1 Å². The van der Waals surface area contributed by atoms with Gasteiger partial charge in [-0.15, -0.1) is 0 Å². The minimum absolute atomic E-state index is 0.0111. The van der Waals surface area contributed by atoms with Crippen molar-refractivity contribution in [1.82, 2.24) is 4.90 Å². The highest BCUT2D eigenvalue weighted by Crippen LogP contribution is 2.21. The van der Waals surface area contributed by atoms with Crippen molar-refractivity contribution in [1.29, 1.82) is 0 Å². The van der Waals surface area contributed by atoms with Gasteiger partial charge in [0.25, 0.3) is 5.91 Å². The number of halogens is 2. The molecule has 1 rings (SSSR count). The Balaban J connectivity index is 2.99. The van der Waals surface area contributed by atoms with Gasteiger partial charge in [0.2, 0.25) is 0 Å². The molecule has 0 heterocycles. The number of hydrogen-bond acceptors (Lipinski definition) is 2. The molecule has 1 aromatic carbocycles. The summed E-state index contributed by atoms with van der Waals surface area (Å²) >= 11 is 10.5. The molecule has 19 heavy (non-hydrogen) atoms. The molecule has 0 unspecified atom stereocenters. The first kappa shape index (κ1) is 16.8. The molecule has 0 fully saturated rings. The van der Waals surface area contributed by atoms with Gasteiger partial charge in [0.05, 0.1) is 10.6 Å². The van der Waals surface area contributed by atoms with Crippen LogP contribution >= 0.6 is 50.7 Å². The van der Waals surface area contributed by atoms with E-state index in [9.17, 15) is 4.79 Å². The average Bonchev–Trinajstić information content (AvgIpc) is 2.31. The van der Waals surface area contributed by atoms with Gasteiger partial charge in [0.1, 0.15) is 0 Å². The number of amides is 1. The third kappa shape index (κ3) is 5.00. The first-order chi connectivity index (χ1) is 8.82. The van der Waals surface area contributed by atoms with Crippen LogP contribution in [0, 0.1) is 3.57 Å². The number of carbonyl (C=O) groups is 1. The molecule has 0 aliphatic heterocycles. The van der Waals surface area contributed by atoms with Crippen LogP contribution in [0.4, 0.5) is 0 Å². The normalized spacial score (nSPS) is 10.6. The predicted octanol–water partition coefficient (Wildman–Crippen LogP) is 3.58. The number of hydrogen-bond donors (Lipinski definition) is 1. The lowest BCUT2D eigenvalue weighted by atomic mass is 10.1. The van der Waals surface area contributed by atoms with Gasteiger partial charge < -0.3 is 10.6 Å². The van der Waals surface area contributed by atoms with Gasteiger partial charge in [-0.05, 0) is 54.6 Å². The van der Waals surface area contributed by atoms with Crippen molar-refractivity contribution in [3.63, 3.8) is 0 Å². The van der Waals surface area contributed by atoms with E-state index in [0.29, 0.717) is 23.5 Å². The number of nitrogens with two attached hydrogens (primary N) is 1. The fraction of sp³-hybridized carbons (Fsp3) is 0.385. The summed E-state index contributed by atoms with van der Waals surface area (Å²) in [6, 6.07) is 5.80. The van der Waals surface area contributed by atoms with E-state index in [4.69, 9.17) is 18.0 Å². The van der Waals surface area contributed by atoms with E-state index >= 15 is 0 Å². The van der Waals surface area contributed by atoms with E-state index in [0.717, 1.165) is 8.04 Å². The fourth-order valence-electron chi connectivity index (χ4n) is 1.64. The molecule has 0 spiro atoms. The number of rotatable bonds is 5. The van der Waals surface area contributed by atoms with Crippen LogP contribution in [-0.2, 0) is 0 Å². The van der Waals surface area contributed by atoms with Crippen molar-refractivity contribution in [2.24, 2.45) is 5.73 Å². The monoisotopic (exact) mass is 454 g/mol. The highest BCUT2D eigenvalue weighted by atomic mass is 127. The molecule has 0 aliphatic carbocycles. The zero-order chi connectivity index (χ0) is 14.6. The molecule has 0 radical (unpaired) electrons. The first-order valence-corrected chi connectivity index (χ1v) is 8.15. The topological polar surface area (TPSA) is 46.3 Å². The zero-order valence-corrected chi connectivity index (χ0v) is 15.4. The molecule has 3 nitrogen and oxygen atoms in total. The summed E-state index contributed by atoms with van der Waals surface area (Å²) < 4.78 is 1.83. The maximum Gasteiger partial charge on any atom is 0.255 e. The van der Waals surface area contributed by atoms with Crippen molar-refractivity contribution < 1.29 is 4.79 Å². The van der Waals surface area contributed by atoms with E-state index in [1.165, 1.54) is 0 Å². The minimum Gasteiger partial charge on any atom is -0.393 e. The second kappa shape index (κ2) is 7.54. The van der Waals surface area contributed by atoms with Crippen LogP contribution in [-0.4, -0.2) is 28.4 Å². The molecule has 6 heteroatoms. The summed E-state index contributed by atoms with van der Waals surface area (Å²) in [7, 11) is 0. The Labute approximate surface area is 141 Å². The molecule has 0 bridgehead atoms. The Bertz CT molecular complexity index is 494.